The van der Waals surface area contributed by atoms with E-state index in [1.165, 1.54) is 25.5 Å². The largest absolute Gasteiger partial charge is 0.496 e. The standard InChI is InChI=1S/C10H13BrN4O3.C7H8O3S/c1-17-8-4-9(18-2)7(11)3-6(8)5-14-15(16)10(12)13;1-6-2-4-7(5-3-6)11(8,9)10/h3-5,16H,1-2H3,(H3,12,13);2-5H,1H3,(H,8,9,10). The third-order valence-electron chi connectivity index (χ3n) is 3.34. The number of nitrogens with one attached hydrogen (secondary N) is 1. The van der Waals surface area contributed by atoms with Crippen LogP contribution >= 0.6 is 15.9 Å². The van der Waals surface area contributed by atoms with Gasteiger partial charge in [-0.1, -0.05) is 17.7 Å². The second-order valence-electron chi connectivity index (χ2n) is 5.44. The van der Waals surface area contributed by atoms with Crippen molar-refractivity contribution in [1.29, 1.82) is 5.41 Å². The maximum Gasteiger partial charge on any atom is 0.294 e. The Kier molecular flexibility index (Phi) is 9.04. The molecule has 0 amide bonds. The molecule has 2 aromatic rings. The van der Waals surface area contributed by atoms with E-state index >= 15 is 0 Å². The summed E-state index contributed by atoms with van der Waals surface area (Å²) in [7, 11) is -0.978. The summed E-state index contributed by atoms with van der Waals surface area (Å²) in [6.45, 7) is 1.84. The molecule has 158 valence electrons. The number of hydrazone groups is 1. The summed E-state index contributed by atoms with van der Waals surface area (Å²) in [6.07, 6.45) is 1.31. The highest BCUT2D eigenvalue weighted by Gasteiger charge is 2.09. The van der Waals surface area contributed by atoms with E-state index in [4.69, 9.17) is 30.4 Å². The van der Waals surface area contributed by atoms with Crippen LogP contribution in [0.2, 0.25) is 0 Å². The highest BCUT2D eigenvalue weighted by Crippen LogP contribution is 2.31. The summed E-state index contributed by atoms with van der Waals surface area (Å²) in [5.74, 6) is 0.532. The van der Waals surface area contributed by atoms with E-state index < -0.39 is 16.1 Å². The molecule has 0 spiro atoms. The lowest BCUT2D eigenvalue weighted by Crippen LogP contribution is -2.28. The molecule has 0 saturated carbocycles. The molecular weight excluding hydrogens is 468 g/mol. The first-order chi connectivity index (χ1) is 13.5. The van der Waals surface area contributed by atoms with Crippen LogP contribution in [-0.2, 0) is 10.1 Å². The zero-order valence-corrected chi connectivity index (χ0v) is 18.2. The van der Waals surface area contributed by atoms with E-state index in [9.17, 15) is 8.42 Å². The summed E-state index contributed by atoms with van der Waals surface area (Å²) in [5, 5.41) is 19.9. The van der Waals surface area contributed by atoms with Gasteiger partial charge in [0.25, 0.3) is 10.1 Å². The monoisotopic (exact) mass is 488 g/mol. The minimum atomic E-state index is -4.02. The Morgan fingerprint density at radius 1 is 1.21 bits per heavy atom. The molecule has 0 aliphatic heterocycles. The number of halogens is 1. The van der Waals surface area contributed by atoms with Gasteiger partial charge in [0.1, 0.15) is 11.5 Å². The molecule has 2 aromatic carbocycles. The Balaban J connectivity index is 0.000000326. The first-order valence-electron chi connectivity index (χ1n) is 7.82. The molecule has 0 fully saturated rings. The number of hydroxylamine groups is 1. The maximum absolute atomic E-state index is 10.5. The van der Waals surface area contributed by atoms with Gasteiger partial charge >= 0.3 is 0 Å². The highest BCUT2D eigenvalue weighted by molar-refractivity contribution is 9.10. The van der Waals surface area contributed by atoms with Crippen molar-refractivity contribution in [3.63, 3.8) is 0 Å². The first-order valence-corrected chi connectivity index (χ1v) is 10.1. The normalized spacial score (nSPS) is 10.8. The molecule has 5 N–H and O–H groups in total. The van der Waals surface area contributed by atoms with E-state index in [0.717, 1.165) is 5.56 Å². The first kappa shape index (κ1) is 24.4. The predicted octanol–water partition coefficient (Wildman–Crippen LogP) is 2.63. The Morgan fingerprint density at radius 2 is 1.76 bits per heavy atom. The van der Waals surface area contributed by atoms with Gasteiger partial charge in [0.2, 0.25) is 5.96 Å². The summed E-state index contributed by atoms with van der Waals surface area (Å²) >= 11 is 3.32. The number of benzene rings is 2. The van der Waals surface area contributed by atoms with Crippen LogP contribution in [0.1, 0.15) is 11.1 Å². The van der Waals surface area contributed by atoms with Crippen molar-refractivity contribution in [2.45, 2.75) is 11.8 Å². The average molecular weight is 489 g/mol. The molecule has 0 bridgehead atoms. The van der Waals surface area contributed by atoms with Crippen LogP contribution in [0.25, 0.3) is 0 Å². The summed E-state index contributed by atoms with van der Waals surface area (Å²) in [6, 6.07) is 9.36. The fourth-order valence-electron chi connectivity index (χ4n) is 1.87. The van der Waals surface area contributed by atoms with Crippen molar-refractivity contribution in [1.82, 2.24) is 5.17 Å². The number of ether oxygens (including phenoxy) is 2. The van der Waals surface area contributed by atoms with Crippen molar-refractivity contribution < 1.29 is 27.7 Å². The quantitative estimate of drug-likeness (QED) is 0.216. The van der Waals surface area contributed by atoms with Crippen molar-refractivity contribution in [2.24, 2.45) is 10.8 Å². The SMILES string of the molecule is COc1cc(OC)c(C=NN(O)C(=N)N)cc1Br.Cc1ccc(S(=O)(=O)O)cc1. The number of aryl methyl sites for hydroxylation is 1. The number of guanidine groups is 1. The van der Waals surface area contributed by atoms with E-state index in [2.05, 4.69) is 21.0 Å². The van der Waals surface area contributed by atoms with E-state index in [1.807, 2.05) is 6.92 Å². The van der Waals surface area contributed by atoms with Crippen molar-refractivity contribution in [3.8, 4) is 11.5 Å². The minimum absolute atomic E-state index is 0.0666. The second kappa shape index (κ2) is 10.8. The molecule has 12 heteroatoms. The fourth-order valence-corrected chi connectivity index (χ4v) is 2.88. The maximum atomic E-state index is 10.5. The Labute approximate surface area is 176 Å². The zero-order valence-electron chi connectivity index (χ0n) is 15.8. The molecule has 0 atom stereocenters. The summed E-state index contributed by atoms with van der Waals surface area (Å²) < 4.78 is 40.5. The smallest absolute Gasteiger partial charge is 0.294 e. The predicted molar refractivity (Wildman–Crippen MR) is 111 cm³/mol. The molecule has 29 heavy (non-hydrogen) atoms. The molecule has 0 aromatic heterocycles. The number of methoxy groups -OCH3 is 2. The van der Waals surface area contributed by atoms with Gasteiger partial charge in [0.05, 0.1) is 29.8 Å². The molecule has 10 nitrogen and oxygen atoms in total. The van der Waals surface area contributed by atoms with Crippen LogP contribution in [-0.4, -0.2) is 49.7 Å². The fraction of sp³-hybridized carbons (Fsp3) is 0.176. The van der Waals surface area contributed by atoms with Crippen LogP contribution in [0.3, 0.4) is 0 Å². The van der Waals surface area contributed by atoms with Crippen LogP contribution in [0.4, 0.5) is 0 Å². The van der Waals surface area contributed by atoms with E-state index in [1.54, 1.807) is 31.4 Å². The molecule has 0 radical (unpaired) electrons. The van der Waals surface area contributed by atoms with Gasteiger partial charge in [-0.05, 0) is 41.1 Å². The van der Waals surface area contributed by atoms with Crippen LogP contribution in [0, 0.1) is 12.3 Å². The van der Waals surface area contributed by atoms with Crippen molar-refractivity contribution in [2.75, 3.05) is 14.2 Å². The van der Waals surface area contributed by atoms with Gasteiger partial charge in [0.15, 0.2) is 0 Å². The summed E-state index contributed by atoms with van der Waals surface area (Å²) in [4.78, 5) is -0.0666. The number of rotatable bonds is 5. The van der Waals surface area contributed by atoms with Crippen molar-refractivity contribution in [3.05, 3.63) is 52.0 Å². The molecule has 0 aliphatic carbocycles. The lowest BCUT2D eigenvalue weighted by molar-refractivity contribution is -0.0139. The van der Waals surface area contributed by atoms with Gasteiger partial charge in [-0.2, -0.15) is 13.5 Å². The third kappa shape index (κ3) is 7.69. The third-order valence-corrected chi connectivity index (χ3v) is 4.83. The Morgan fingerprint density at radius 3 is 2.21 bits per heavy atom. The van der Waals surface area contributed by atoms with Gasteiger partial charge in [-0.15, -0.1) is 5.17 Å². The highest BCUT2D eigenvalue weighted by atomic mass is 79.9. The number of nitrogens with two attached hydrogens (primary N) is 1. The Hall–Kier alpha value is -2.67. The topological polar surface area (TPSA) is 159 Å². The zero-order chi connectivity index (χ0) is 22.2. The van der Waals surface area contributed by atoms with Gasteiger partial charge < -0.3 is 15.2 Å². The van der Waals surface area contributed by atoms with Crippen LogP contribution < -0.4 is 15.2 Å². The van der Waals surface area contributed by atoms with E-state index in [-0.39, 0.29) is 10.1 Å². The average Bonchev–Trinajstić information content (AvgIpc) is 2.66. The van der Waals surface area contributed by atoms with Gasteiger partial charge in [0, 0.05) is 11.6 Å². The van der Waals surface area contributed by atoms with Gasteiger partial charge in [-0.3, -0.25) is 15.2 Å². The lowest BCUT2D eigenvalue weighted by Gasteiger charge is -2.10. The molecular formula is C17H21BrN4O6S. The Bertz CT molecular complexity index is 980. The number of hydrogen-bond acceptors (Lipinski definition) is 7. The van der Waals surface area contributed by atoms with E-state index in [0.29, 0.717) is 21.5 Å². The molecule has 2 rings (SSSR count). The molecule has 0 heterocycles. The molecule has 0 unspecified atom stereocenters. The molecule has 0 aliphatic rings. The second-order valence-corrected chi connectivity index (χ2v) is 7.71. The number of nitrogens with zero attached hydrogens (tertiary/aromatic N) is 2. The minimum Gasteiger partial charge on any atom is -0.496 e. The lowest BCUT2D eigenvalue weighted by atomic mass is 10.2. The van der Waals surface area contributed by atoms with Crippen LogP contribution in [0.15, 0.2) is 50.9 Å². The van der Waals surface area contributed by atoms with Gasteiger partial charge in [-0.25, -0.2) is 0 Å². The van der Waals surface area contributed by atoms with Crippen LogP contribution in [0.5, 0.6) is 11.5 Å². The molecule has 0 saturated heterocycles. The summed E-state index contributed by atoms with van der Waals surface area (Å²) in [5.41, 5.74) is 6.58. The van der Waals surface area contributed by atoms with Crippen molar-refractivity contribution >= 4 is 38.2 Å². The number of hydrogen-bond donors (Lipinski definition) is 4.